The Hall–Kier alpha value is -4.11. The lowest BCUT2D eigenvalue weighted by atomic mass is 10.2. The number of nitro benzene ring substituents is 1. The number of benzene rings is 3. The van der Waals surface area contributed by atoms with E-state index < -0.39 is 4.92 Å². The molecule has 0 atom stereocenters. The number of hydrogen-bond donors (Lipinski definition) is 0. The van der Waals surface area contributed by atoms with Gasteiger partial charge in [0.05, 0.1) is 22.5 Å². The molecule has 0 amide bonds. The molecule has 0 saturated carbocycles. The second kappa shape index (κ2) is 8.20. The molecule has 0 aliphatic carbocycles. The summed E-state index contributed by atoms with van der Waals surface area (Å²) in [5.41, 5.74) is 3.10. The molecule has 0 aliphatic rings. The number of azo groups is 1. The fraction of sp³-hybridized carbons (Fsp3) is 0. The lowest BCUT2D eigenvalue weighted by molar-refractivity contribution is -0.384. The molecule has 0 fully saturated rings. The van der Waals surface area contributed by atoms with E-state index in [1.807, 2.05) is 54.6 Å². The van der Waals surface area contributed by atoms with Crippen molar-refractivity contribution < 1.29 is 9.34 Å². The Kier molecular flexibility index (Phi) is 5.08. The number of fused-ring (bicyclic) bond motifs is 1. The second-order valence-electron chi connectivity index (χ2n) is 6.91. The Bertz CT molecular complexity index is 1460. The van der Waals surface area contributed by atoms with E-state index in [1.54, 1.807) is 23.0 Å². The van der Waals surface area contributed by atoms with Crippen LogP contribution in [0.15, 0.2) is 104 Å². The maximum absolute atomic E-state index is 11.0. The van der Waals surface area contributed by atoms with Crippen LogP contribution in [-0.2, 0) is 0 Å². The summed E-state index contributed by atoms with van der Waals surface area (Å²) in [4.78, 5) is 10.5. The Labute approximate surface area is 190 Å². The van der Waals surface area contributed by atoms with E-state index in [1.165, 1.54) is 12.1 Å². The molecular weight excluding hydrogens is 474 g/mol. The van der Waals surface area contributed by atoms with Gasteiger partial charge in [-0.3, -0.25) is 10.1 Å². The van der Waals surface area contributed by atoms with Crippen LogP contribution < -0.4 is 0 Å². The van der Waals surface area contributed by atoms with Crippen molar-refractivity contribution >= 4 is 44.0 Å². The Morgan fingerprint density at radius 3 is 2.50 bits per heavy atom. The summed E-state index contributed by atoms with van der Waals surface area (Å²) >= 11 is 3.47. The molecular formula is C23H14BrN5O3. The quantitative estimate of drug-likeness (QED) is 0.146. The highest BCUT2D eigenvalue weighted by Gasteiger charge is 2.17. The summed E-state index contributed by atoms with van der Waals surface area (Å²) in [7, 11) is 0. The third-order valence-corrected chi connectivity index (χ3v) is 5.25. The Morgan fingerprint density at radius 2 is 1.75 bits per heavy atom. The van der Waals surface area contributed by atoms with Crippen LogP contribution in [0.4, 0.5) is 17.1 Å². The van der Waals surface area contributed by atoms with Crippen LogP contribution >= 0.6 is 15.9 Å². The number of non-ortho nitro benzene ring substituents is 1. The van der Waals surface area contributed by atoms with Crippen molar-refractivity contribution in [2.45, 2.75) is 0 Å². The number of hydrogen-bond acceptors (Lipinski definition) is 6. The first-order valence-electron chi connectivity index (χ1n) is 9.57. The predicted octanol–water partition coefficient (Wildman–Crippen LogP) is 7.37. The molecule has 0 saturated heterocycles. The van der Waals surface area contributed by atoms with Crippen LogP contribution in [0.25, 0.3) is 28.1 Å². The van der Waals surface area contributed by atoms with Crippen LogP contribution in [0.3, 0.4) is 0 Å². The summed E-state index contributed by atoms with van der Waals surface area (Å²) < 4.78 is 8.56. The molecule has 0 bridgehead atoms. The van der Waals surface area contributed by atoms with Gasteiger partial charge in [0.2, 0.25) is 0 Å². The fourth-order valence-corrected chi connectivity index (χ4v) is 3.59. The largest absolute Gasteiger partial charge is 0.454 e. The number of nitro groups is 1. The molecule has 0 radical (unpaired) electrons. The molecule has 8 nitrogen and oxygen atoms in total. The minimum Gasteiger partial charge on any atom is -0.454 e. The minimum atomic E-state index is -0.440. The lowest BCUT2D eigenvalue weighted by Crippen LogP contribution is -1.95. The third-order valence-electron chi connectivity index (χ3n) is 4.76. The number of aromatic nitrogens is 2. The van der Waals surface area contributed by atoms with Gasteiger partial charge in [-0.25, -0.2) is 4.68 Å². The molecule has 3 aromatic carbocycles. The highest BCUT2D eigenvalue weighted by atomic mass is 79.9. The molecule has 32 heavy (non-hydrogen) atoms. The zero-order valence-corrected chi connectivity index (χ0v) is 18.0. The smallest absolute Gasteiger partial charge is 0.269 e. The van der Waals surface area contributed by atoms with Gasteiger partial charge < -0.3 is 4.42 Å². The van der Waals surface area contributed by atoms with E-state index in [2.05, 4.69) is 31.3 Å². The number of halogens is 1. The SMILES string of the molecule is O=[N+]([O-])c1ccc(-n2cc(N=Nc3ccccc3)c(-c3cc4cc(Br)ccc4o3)n2)cc1. The predicted molar refractivity (Wildman–Crippen MR) is 124 cm³/mol. The highest BCUT2D eigenvalue weighted by molar-refractivity contribution is 9.10. The first-order chi connectivity index (χ1) is 15.6. The van der Waals surface area contributed by atoms with Crippen molar-refractivity contribution in [3.63, 3.8) is 0 Å². The average molecular weight is 488 g/mol. The van der Waals surface area contributed by atoms with Crippen LogP contribution in [-0.4, -0.2) is 14.7 Å². The number of nitrogens with zero attached hydrogens (tertiary/aromatic N) is 5. The molecule has 2 aromatic heterocycles. The summed E-state index contributed by atoms with van der Waals surface area (Å²) in [6.45, 7) is 0. The standard InChI is InChI=1S/C23H14BrN5O3/c24-16-6-11-21-15(12-16)13-22(32-21)23-20(26-25-17-4-2-1-3-5-17)14-28(27-23)18-7-9-19(10-8-18)29(30)31/h1-14H. The van der Waals surface area contributed by atoms with Crippen molar-refractivity contribution in [2.75, 3.05) is 0 Å². The van der Waals surface area contributed by atoms with Gasteiger partial charge >= 0.3 is 0 Å². The van der Waals surface area contributed by atoms with E-state index in [-0.39, 0.29) is 5.69 Å². The fourth-order valence-electron chi connectivity index (χ4n) is 3.21. The van der Waals surface area contributed by atoms with Crippen LogP contribution in [0.5, 0.6) is 0 Å². The molecule has 0 unspecified atom stereocenters. The van der Waals surface area contributed by atoms with Crippen molar-refractivity contribution in [1.29, 1.82) is 0 Å². The van der Waals surface area contributed by atoms with Crippen molar-refractivity contribution in [1.82, 2.24) is 9.78 Å². The maximum Gasteiger partial charge on any atom is 0.269 e. The zero-order valence-electron chi connectivity index (χ0n) is 16.4. The Balaban J connectivity index is 1.61. The third kappa shape index (κ3) is 3.93. The average Bonchev–Trinajstić information content (AvgIpc) is 3.42. The topological polar surface area (TPSA) is 98.8 Å². The van der Waals surface area contributed by atoms with Crippen molar-refractivity contribution in [3.8, 4) is 17.1 Å². The van der Waals surface area contributed by atoms with Gasteiger partial charge in [-0.1, -0.05) is 34.1 Å². The lowest BCUT2D eigenvalue weighted by Gasteiger charge is -1.99. The molecule has 0 aliphatic heterocycles. The van der Waals surface area contributed by atoms with Gasteiger partial charge in [0.15, 0.2) is 11.5 Å². The summed E-state index contributed by atoms with van der Waals surface area (Å²) in [6.07, 6.45) is 1.71. The molecule has 0 spiro atoms. The molecule has 156 valence electrons. The van der Waals surface area contributed by atoms with Gasteiger partial charge in [-0.2, -0.15) is 10.2 Å². The van der Waals surface area contributed by atoms with Crippen LogP contribution in [0.2, 0.25) is 0 Å². The first-order valence-corrected chi connectivity index (χ1v) is 10.4. The summed E-state index contributed by atoms with van der Waals surface area (Å²) in [5.74, 6) is 0.542. The monoisotopic (exact) mass is 487 g/mol. The Morgan fingerprint density at radius 1 is 0.969 bits per heavy atom. The maximum atomic E-state index is 11.0. The molecule has 2 heterocycles. The highest BCUT2D eigenvalue weighted by Crippen LogP contribution is 2.35. The minimum absolute atomic E-state index is 0.00739. The van der Waals surface area contributed by atoms with Crippen LogP contribution in [0.1, 0.15) is 0 Å². The van der Waals surface area contributed by atoms with Crippen molar-refractivity contribution in [3.05, 3.63) is 99.6 Å². The van der Waals surface area contributed by atoms with E-state index in [0.29, 0.717) is 28.5 Å². The van der Waals surface area contributed by atoms with Gasteiger partial charge in [0.1, 0.15) is 11.3 Å². The number of rotatable bonds is 5. The van der Waals surface area contributed by atoms with Crippen molar-refractivity contribution in [2.24, 2.45) is 10.2 Å². The van der Waals surface area contributed by atoms with Crippen LogP contribution in [0, 0.1) is 10.1 Å². The van der Waals surface area contributed by atoms with E-state index >= 15 is 0 Å². The van der Waals surface area contributed by atoms with Gasteiger partial charge in [0, 0.05) is 22.0 Å². The molecule has 5 rings (SSSR count). The zero-order chi connectivity index (χ0) is 22.1. The van der Waals surface area contributed by atoms with Gasteiger partial charge in [-0.05, 0) is 48.5 Å². The van der Waals surface area contributed by atoms with E-state index in [9.17, 15) is 10.1 Å². The number of furan rings is 1. The molecule has 5 aromatic rings. The van der Waals surface area contributed by atoms with E-state index in [0.717, 1.165) is 15.4 Å². The first kappa shape index (κ1) is 19.8. The summed E-state index contributed by atoms with van der Waals surface area (Å²) in [6, 6.07) is 23.1. The molecule has 9 heteroatoms. The van der Waals surface area contributed by atoms with E-state index in [4.69, 9.17) is 4.42 Å². The molecule has 0 N–H and O–H groups in total. The normalized spacial score (nSPS) is 11.4. The second-order valence-corrected chi connectivity index (χ2v) is 7.83. The van der Waals surface area contributed by atoms with Gasteiger partial charge in [0.25, 0.3) is 5.69 Å². The van der Waals surface area contributed by atoms with Gasteiger partial charge in [-0.15, -0.1) is 5.11 Å². The summed E-state index contributed by atoms with van der Waals surface area (Å²) in [5, 5.41) is 25.2.